The van der Waals surface area contributed by atoms with E-state index in [2.05, 4.69) is 28.1 Å². The molecule has 1 atom stereocenters. The van der Waals surface area contributed by atoms with Crippen molar-refractivity contribution in [1.82, 2.24) is 4.90 Å². The largest absolute Gasteiger partial charge is 0.508 e. The van der Waals surface area contributed by atoms with Crippen LogP contribution < -0.4 is 0 Å². The highest BCUT2D eigenvalue weighted by Gasteiger charge is 2.29. The van der Waals surface area contributed by atoms with E-state index in [4.69, 9.17) is 0 Å². The van der Waals surface area contributed by atoms with E-state index >= 15 is 0 Å². The van der Waals surface area contributed by atoms with Crippen molar-refractivity contribution in [1.29, 1.82) is 0 Å². The van der Waals surface area contributed by atoms with E-state index < -0.39 is 0 Å². The van der Waals surface area contributed by atoms with Crippen LogP contribution in [0, 0.1) is 0 Å². The second-order valence-electron chi connectivity index (χ2n) is 5.93. The second kappa shape index (κ2) is 7.18. The molecule has 4 heteroatoms. The summed E-state index contributed by atoms with van der Waals surface area (Å²) in [5.41, 5.74) is 2.03. The maximum Gasteiger partial charge on any atom is 0.223 e. The van der Waals surface area contributed by atoms with Crippen molar-refractivity contribution in [3.05, 3.63) is 64.1 Å². The van der Waals surface area contributed by atoms with Gasteiger partial charge in [-0.2, -0.15) is 0 Å². The zero-order valence-electron chi connectivity index (χ0n) is 12.9. The van der Waals surface area contributed by atoms with Gasteiger partial charge in [0.15, 0.2) is 0 Å². The van der Waals surface area contributed by atoms with Crippen molar-refractivity contribution in [2.45, 2.75) is 31.7 Å². The van der Waals surface area contributed by atoms with Gasteiger partial charge in [-0.25, -0.2) is 0 Å². The van der Waals surface area contributed by atoms with Crippen LogP contribution in [0.3, 0.4) is 0 Å². The summed E-state index contributed by atoms with van der Waals surface area (Å²) < 4.78 is 1.05. The van der Waals surface area contributed by atoms with Crippen molar-refractivity contribution < 1.29 is 9.90 Å². The molecule has 1 heterocycles. The van der Waals surface area contributed by atoms with Crippen LogP contribution >= 0.6 is 15.9 Å². The Hall–Kier alpha value is -1.81. The number of phenols is 1. The summed E-state index contributed by atoms with van der Waals surface area (Å²) >= 11 is 3.45. The van der Waals surface area contributed by atoms with Crippen molar-refractivity contribution in [3.8, 4) is 5.75 Å². The molecule has 1 saturated heterocycles. The van der Waals surface area contributed by atoms with Crippen LogP contribution in [0.15, 0.2) is 53.0 Å². The van der Waals surface area contributed by atoms with Crippen molar-refractivity contribution in [2.75, 3.05) is 6.54 Å². The number of benzene rings is 2. The third-order valence-electron chi connectivity index (χ3n) is 4.43. The predicted molar refractivity (Wildman–Crippen MR) is 94.3 cm³/mol. The van der Waals surface area contributed by atoms with Gasteiger partial charge < -0.3 is 10.0 Å². The van der Waals surface area contributed by atoms with Crippen LogP contribution in [0.25, 0.3) is 0 Å². The molecule has 2 aromatic rings. The van der Waals surface area contributed by atoms with Crippen molar-refractivity contribution in [2.24, 2.45) is 0 Å². The molecule has 1 aliphatic rings. The first-order valence-electron chi connectivity index (χ1n) is 7.97. The number of likely N-dealkylation sites (tertiary alicyclic amines) is 1. The molecule has 1 N–H and O–H groups in total. The quantitative estimate of drug-likeness (QED) is 0.859. The maximum atomic E-state index is 12.6. The minimum absolute atomic E-state index is 0.165. The number of aromatic hydroxyl groups is 1. The van der Waals surface area contributed by atoms with Gasteiger partial charge in [-0.1, -0.05) is 46.3 Å². The minimum atomic E-state index is 0.165. The number of carbonyl (C=O) groups excluding carboxylic acids is 1. The summed E-state index contributed by atoms with van der Waals surface area (Å²) in [5, 5.41) is 9.82. The Morgan fingerprint density at radius 2 is 1.91 bits per heavy atom. The number of para-hydroxylation sites is 1. The average Bonchev–Trinajstić information content (AvgIpc) is 3.04. The van der Waals surface area contributed by atoms with Crippen LogP contribution in [0.5, 0.6) is 5.75 Å². The fraction of sp³-hybridized carbons (Fsp3) is 0.316. The first-order valence-corrected chi connectivity index (χ1v) is 8.76. The Balaban J connectivity index is 1.66. The molecule has 1 aliphatic heterocycles. The third kappa shape index (κ3) is 3.75. The molecule has 0 radical (unpaired) electrons. The molecule has 120 valence electrons. The lowest BCUT2D eigenvalue weighted by molar-refractivity contribution is -0.132. The monoisotopic (exact) mass is 373 g/mol. The molecule has 0 bridgehead atoms. The lowest BCUT2D eigenvalue weighted by Crippen LogP contribution is -2.30. The molecule has 0 aromatic heterocycles. The van der Waals surface area contributed by atoms with E-state index in [1.165, 1.54) is 5.56 Å². The molecule has 0 spiro atoms. The molecule has 0 saturated carbocycles. The highest BCUT2D eigenvalue weighted by Crippen LogP contribution is 2.33. The standard InChI is InChI=1S/C19H20BrNO2/c20-16-10-7-14(8-11-16)17-5-3-13-21(17)19(23)12-9-15-4-1-2-6-18(15)22/h1-2,4,6-8,10-11,17,22H,3,5,9,12-13H2. The Labute approximate surface area is 145 Å². The molecule has 1 amide bonds. The predicted octanol–water partition coefficient (Wildman–Crippen LogP) is 4.45. The highest BCUT2D eigenvalue weighted by molar-refractivity contribution is 9.10. The van der Waals surface area contributed by atoms with Crippen LogP contribution in [-0.4, -0.2) is 22.5 Å². The first-order chi connectivity index (χ1) is 11.1. The molecular weight excluding hydrogens is 354 g/mol. The summed E-state index contributed by atoms with van der Waals surface area (Å²) in [4.78, 5) is 14.6. The number of rotatable bonds is 4. The topological polar surface area (TPSA) is 40.5 Å². The van der Waals surface area contributed by atoms with Crippen LogP contribution in [-0.2, 0) is 11.2 Å². The fourth-order valence-corrected chi connectivity index (χ4v) is 3.47. The third-order valence-corrected chi connectivity index (χ3v) is 4.96. The summed E-state index contributed by atoms with van der Waals surface area (Å²) in [6.07, 6.45) is 3.08. The average molecular weight is 374 g/mol. The number of phenolic OH excluding ortho intramolecular Hbond substituents is 1. The van der Waals surface area contributed by atoms with Gasteiger partial charge in [0.2, 0.25) is 5.91 Å². The zero-order chi connectivity index (χ0) is 16.2. The minimum Gasteiger partial charge on any atom is -0.508 e. The summed E-state index contributed by atoms with van der Waals surface area (Å²) in [6.45, 7) is 0.820. The van der Waals surface area contributed by atoms with Gasteiger partial charge in [-0.05, 0) is 48.6 Å². The molecule has 0 aliphatic carbocycles. The normalized spacial score (nSPS) is 17.4. The van der Waals surface area contributed by atoms with E-state index in [9.17, 15) is 9.90 Å². The lowest BCUT2D eigenvalue weighted by atomic mass is 10.0. The number of carbonyl (C=O) groups is 1. The van der Waals surface area contributed by atoms with Crippen molar-refractivity contribution >= 4 is 21.8 Å². The van der Waals surface area contributed by atoms with Crippen molar-refractivity contribution in [3.63, 3.8) is 0 Å². The maximum absolute atomic E-state index is 12.6. The number of hydrogen-bond acceptors (Lipinski definition) is 2. The van der Waals surface area contributed by atoms with Gasteiger partial charge in [-0.15, -0.1) is 0 Å². The molecular formula is C19H20BrNO2. The number of hydrogen-bond donors (Lipinski definition) is 1. The number of halogens is 1. The number of nitrogens with zero attached hydrogens (tertiary/aromatic N) is 1. The van der Waals surface area contributed by atoms with Crippen LogP contribution in [0.2, 0.25) is 0 Å². The van der Waals surface area contributed by atoms with Crippen LogP contribution in [0.4, 0.5) is 0 Å². The van der Waals surface area contributed by atoms with E-state index in [0.29, 0.717) is 12.8 Å². The molecule has 1 unspecified atom stereocenters. The lowest BCUT2D eigenvalue weighted by Gasteiger charge is -2.25. The molecule has 23 heavy (non-hydrogen) atoms. The first kappa shape index (κ1) is 16.1. The Morgan fingerprint density at radius 1 is 1.17 bits per heavy atom. The Bertz CT molecular complexity index is 684. The van der Waals surface area contributed by atoms with E-state index in [-0.39, 0.29) is 17.7 Å². The van der Waals surface area contributed by atoms with Gasteiger partial charge in [0.05, 0.1) is 6.04 Å². The summed E-state index contributed by atoms with van der Waals surface area (Å²) in [5.74, 6) is 0.435. The molecule has 1 fully saturated rings. The molecule has 2 aromatic carbocycles. The molecule has 3 rings (SSSR count). The van der Waals surface area contributed by atoms with Crippen LogP contribution in [0.1, 0.15) is 36.4 Å². The van der Waals surface area contributed by atoms with E-state index in [0.717, 1.165) is 29.4 Å². The van der Waals surface area contributed by atoms with E-state index in [1.54, 1.807) is 12.1 Å². The SMILES string of the molecule is O=C(CCc1ccccc1O)N1CCCC1c1ccc(Br)cc1. The summed E-state index contributed by atoms with van der Waals surface area (Å²) in [6, 6.07) is 15.6. The van der Waals surface area contributed by atoms with Gasteiger partial charge in [0, 0.05) is 17.4 Å². The van der Waals surface area contributed by atoms with Gasteiger partial charge in [-0.3, -0.25) is 4.79 Å². The summed E-state index contributed by atoms with van der Waals surface area (Å²) in [7, 11) is 0. The smallest absolute Gasteiger partial charge is 0.223 e. The van der Waals surface area contributed by atoms with Gasteiger partial charge in [0.1, 0.15) is 5.75 Å². The van der Waals surface area contributed by atoms with Gasteiger partial charge in [0.25, 0.3) is 0 Å². The van der Waals surface area contributed by atoms with Gasteiger partial charge >= 0.3 is 0 Å². The van der Waals surface area contributed by atoms with E-state index in [1.807, 2.05) is 29.2 Å². The Morgan fingerprint density at radius 3 is 2.65 bits per heavy atom. The number of amides is 1. The zero-order valence-corrected chi connectivity index (χ0v) is 14.5. The fourth-order valence-electron chi connectivity index (χ4n) is 3.20. The second-order valence-corrected chi connectivity index (χ2v) is 6.84. The number of aryl methyl sites for hydroxylation is 1. The highest BCUT2D eigenvalue weighted by atomic mass is 79.9. The Kier molecular flexibility index (Phi) is 5.01. The molecule has 3 nitrogen and oxygen atoms in total.